The van der Waals surface area contributed by atoms with Crippen molar-refractivity contribution in [2.75, 3.05) is 11.3 Å². The second kappa shape index (κ2) is 6.86. The van der Waals surface area contributed by atoms with Crippen molar-refractivity contribution in [1.82, 2.24) is 0 Å². The van der Waals surface area contributed by atoms with Gasteiger partial charge in [-0.2, -0.15) is 0 Å². The van der Waals surface area contributed by atoms with Gasteiger partial charge in [-0.15, -0.1) is 0 Å². The predicted octanol–water partition coefficient (Wildman–Crippen LogP) is 2.41. The minimum atomic E-state index is -4.16. The van der Waals surface area contributed by atoms with Crippen LogP contribution in [-0.4, -0.2) is 37.5 Å². The Labute approximate surface area is 138 Å². The summed E-state index contributed by atoms with van der Waals surface area (Å²) in [4.78, 5) is 11.3. The number of aliphatic carboxylic acids is 1. The molecule has 0 aromatic heterocycles. The molecule has 6 nitrogen and oxygen atoms in total. The van der Waals surface area contributed by atoms with Gasteiger partial charge in [0.1, 0.15) is 11.1 Å². The number of carboxylic acids is 1. The van der Waals surface area contributed by atoms with Gasteiger partial charge in [-0.05, 0) is 30.7 Å². The van der Waals surface area contributed by atoms with Crippen LogP contribution in [0.25, 0.3) is 0 Å². The summed E-state index contributed by atoms with van der Waals surface area (Å²) < 4.78 is 45.9. The van der Waals surface area contributed by atoms with Crippen LogP contribution in [0.1, 0.15) is 13.3 Å². The van der Waals surface area contributed by atoms with Crippen molar-refractivity contribution in [2.45, 2.75) is 24.7 Å². The van der Waals surface area contributed by atoms with Gasteiger partial charge in [-0.3, -0.25) is 4.72 Å². The summed E-state index contributed by atoms with van der Waals surface area (Å²) in [5, 5.41) is 7.74. The number of ether oxygens (including phenoxy) is 1. The van der Waals surface area contributed by atoms with Crippen molar-refractivity contribution in [2.24, 2.45) is 0 Å². The topological polar surface area (TPSA) is 92.7 Å². The third-order valence-corrected chi connectivity index (χ3v) is 5.47. The van der Waals surface area contributed by atoms with E-state index in [-0.39, 0.29) is 22.9 Å². The van der Waals surface area contributed by atoms with Crippen LogP contribution in [0.4, 0.5) is 10.1 Å². The molecule has 1 aromatic rings. The number of halogens is 2. The Balaban J connectivity index is 2.40. The van der Waals surface area contributed by atoms with Crippen molar-refractivity contribution < 1.29 is 27.4 Å². The molecule has 2 atom stereocenters. The Kier molecular flexibility index (Phi) is 5.28. The first kappa shape index (κ1) is 17.7. The van der Waals surface area contributed by atoms with Crippen molar-refractivity contribution in [3.8, 4) is 0 Å². The maximum Gasteiger partial charge on any atom is 0.332 e. The minimum Gasteiger partial charge on any atom is -0.478 e. The van der Waals surface area contributed by atoms with E-state index < -0.39 is 33.2 Å². The number of sulfonamides is 1. The summed E-state index contributed by atoms with van der Waals surface area (Å²) >= 11 is 5.81. The molecule has 0 saturated carbocycles. The third-order valence-electron chi connectivity index (χ3n) is 3.42. The Morgan fingerprint density at radius 1 is 1.52 bits per heavy atom. The molecule has 23 heavy (non-hydrogen) atoms. The summed E-state index contributed by atoms with van der Waals surface area (Å²) in [7, 11) is -4.16. The van der Waals surface area contributed by atoms with E-state index in [1.807, 2.05) is 0 Å². The summed E-state index contributed by atoms with van der Waals surface area (Å²) in [6.07, 6.45) is 0.737. The normalized spacial score (nSPS) is 21.6. The van der Waals surface area contributed by atoms with Gasteiger partial charge in [-0.25, -0.2) is 17.6 Å². The highest BCUT2D eigenvalue weighted by Gasteiger charge is 2.41. The molecule has 1 unspecified atom stereocenters. The largest absolute Gasteiger partial charge is 0.478 e. The number of hydrogen-bond donors (Lipinski definition) is 2. The van der Waals surface area contributed by atoms with E-state index in [9.17, 15) is 22.7 Å². The maximum absolute atomic E-state index is 13.1. The fourth-order valence-electron chi connectivity index (χ4n) is 2.36. The van der Waals surface area contributed by atoms with Gasteiger partial charge in [0.25, 0.3) is 0 Å². The molecular formula is C14H15ClFNO5S. The maximum atomic E-state index is 13.1. The lowest BCUT2D eigenvalue weighted by Gasteiger charge is -2.30. The first-order valence-corrected chi connectivity index (χ1v) is 8.70. The smallest absolute Gasteiger partial charge is 0.332 e. The van der Waals surface area contributed by atoms with Crippen LogP contribution >= 0.6 is 11.6 Å². The van der Waals surface area contributed by atoms with Crippen LogP contribution < -0.4 is 4.72 Å². The van der Waals surface area contributed by atoms with Crippen molar-refractivity contribution in [3.05, 3.63) is 40.7 Å². The number of hydrogen-bond acceptors (Lipinski definition) is 4. The standard InChI is InChI=1S/C14H15ClFNO5S/c1-2-12-13(9(14(18)19)5-6-22-12)23(20,21)17-11-4-3-8(16)7-10(11)15/h3-5,7,12-13,17H,2,6H2,1H3,(H,18,19)/t12?,13-/m0/s1. The van der Waals surface area contributed by atoms with Gasteiger partial charge in [0.05, 0.1) is 29.0 Å². The molecular weight excluding hydrogens is 349 g/mol. The number of carbonyl (C=O) groups is 1. The molecule has 0 saturated heterocycles. The highest BCUT2D eigenvalue weighted by molar-refractivity contribution is 7.93. The number of carboxylic acid groups (broad SMARTS) is 1. The van der Waals surface area contributed by atoms with Crippen LogP contribution in [0.15, 0.2) is 29.8 Å². The van der Waals surface area contributed by atoms with Gasteiger partial charge < -0.3 is 9.84 Å². The third kappa shape index (κ3) is 3.82. The average Bonchev–Trinajstić information content (AvgIpc) is 2.49. The molecule has 1 aliphatic heterocycles. The zero-order valence-electron chi connectivity index (χ0n) is 12.1. The highest BCUT2D eigenvalue weighted by Crippen LogP contribution is 2.29. The van der Waals surface area contributed by atoms with Gasteiger partial charge >= 0.3 is 5.97 Å². The number of rotatable bonds is 5. The lowest BCUT2D eigenvalue weighted by atomic mass is 10.0. The Morgan fingerprint density at radius 3 is 2.78 bits per heavy atom. The zero-order chi connectivity index (χ0) is 17.2. The first-order chi connectivity index (χ1) is 10.8. The summed E-state index contributed by atoms with van der Waals surface area (Å²) in [6.45, 7) is 1.73. The average molecular weight is 364 g/mol. The first-order valence-electron chi connectivity index (χ1n) is 6.78. The van der Waals surface area contributed by atoms with E-state index in [4.69, 9.17) is 16.3 Å². The van der Waals surface area contributed by atoms with E-state index in [1.165, 1.54) is 12.1 Å². The quantitative estimate of drug-likeness (QED) is 0.838. The fraction of sp³-hybridized carbons (Fsp3) is 0.357. The molecule has 1 heterocycles. The fourth-order valence-corrected chi connectivity index (χ4v) is 4.45. The molecule has 0 radical (unpaired) electrons. The number of benzene rings is 1. The minimum absolute atomic E-state index is 0.0294. The number of nitrogens with one attached hydrogen (secondary N) is 1. The molecule has 2 N–H and O–H groups in total. The van der Waals surface area contributed by atoms with Crippen LogP contribution in [0.3, 0.4) is 0 Å². The van der Waals surface area contributed by atoms with Gasteiger partial charge in [-0.1, -0.05) is 18.5 Å². The highest BCUT2D eigenvalue weighted by atomic mass is 35.5. The van der Waals surface area contributed by atoms with Crippen LogP contribution in [0.2, 0.25) is 5.02 Å². The molecule has 126 valence electrons. The van der Waals surface area contributed by atoms with Crippen LogP contribution in [0, 0.1) is 5.82 Å². The Hall–Kier alpha value is -1.64. The van der Waals surface area contributed by atoms with Crippen molar-refractivity contribution in [3.63, 3.8) is 0 Å². The molecule has 2 rings (SSSR count). The molecule has 0 fully saturated rings. The van der Waals surface area contributed by atoms with E-state index in [2.05, 4.69) is 4.72 Å². The van der Waals surface area contributed by atoms with Gasteiger partial charge in [0.15, 0.2) is 0 Å². The molecule has 0 aliphatic carbocycles. The Bertz CT molecular complexity index is 750. The monoisotopic (exact) mass is 363 g/mol. The lowest BCUT2D eigenvalue weighted by Crippen LogP contribution is -2.45. The van der Waals surface area contributed by atoms with Crippen LogP contribution in [-0.2, 0) is 19.6 Å². The lowest BCUT2D eigenvalue weighted by molar-refractivity contribution is -0.133. The van der Waals surface area contributed by atoms with Gasteiger partial charge in [0, 0.05) is 0 Å². The molecule has 0 bridgehead atoms. The molecule has 0 amide bonds. The van der Waals surface area contributed by atoms with E-state index in [0.717, 1.165) is 12.1 Å². The Morgan fingerprint density at radius 2 is 2.22 bits per heavy atom. The van der Waals surface area contributed by atoms with Crippen molar-refractivity contribution in [1.29, 1.82) is 0 Å². The molecule has 1 aromatic carbocycles. The summed E-state index contributed by atoms with van der Waals surface area (Å²) in [5.41, 5.74) is -0.285. The van der Waals surface area contributed by atoms with E-state index >= 15 is 0 Å². The summed E-state index contributed by atoms with van der Waals surface area (Å²) in [5.74, 6) is -1.94. The number of anilines is 1. The van der Waals surface area contributed by atoms with Crippen LogP contribution in [0.5, 0.6) is 0 Å². The summed E-state index contributed by atoms with van der Waals surface area (Å²) in [6, 6.07) is 3.18. The zero-order valence-corrected chi connectivity index (χ0v) is 13.7. The van der Waals surface area contributed by atoms with Crippen molar-refractivity contribution >= 4 is 33.3 Å². The SMILES string of the molecule is CCC1OCC=C(C(=O)O)[C@@H]1S(=O)(=O)Nc1ccc(F)cc1Cl. The second-order valence-electron chi connectivity index (χ2n) is 4.94. The second-order valence-corrected chi connectivity index (χ2v) is 7.15. The van der Waals surface area contributed by atoms with E-state index in [0.29, 0.717) is 6.42 Å². The molecule has 0 spiro atoms. The van der Waals surface area contributed by atoms with E-state index in [1.54, 1.807) is 6.92 Å². The molecule has 9 heteroatoms. The predicted molar refractivity (Wildman–Crippen MR) is 83.5 cm³/mol. The molecule has 1 aliphatic rings. The van der Waals surface area contributed by atoms with Gasteiger partial charge in [0.2, 0.25) is 10.0 Å².